The smallest absolute Gasteiger partial charge is 0.490 e. The topological polar surface area (TPSA) is 70.5 Å². The van der Waals surface area contributed by atoms with Crippen molar-refractivity contribution in [3.8, 4) is 34.0 Å². The Bertz CT molecular complexity index is 1110. The van der Waals surface area contributed by atoms with Gasteiger partial charge in [0, 0.05) is 5.56 Å². The summed E-state index contributed by atoms with van der Waals surface area (Å²) in [6.45, 7) is 7.05. The van der Waals surface area contributed by atoms with E-state index in [0.717, 1.165) is 42.4 Å². The van der Waals surface area contributed by atoms with E-state index in [1.165, 1.54) is 57.8 Å². The molecule has 6 heteroatoms. The van der Waals surface area contributed by atoms with E-state index >= 15 is 0 Å². The van der Waals surface area contributed by atoms with Gasteiger partial charge in [0.2, 0.25) is 0 Å². The van der Waals surface area contributed by atoms with Gasteiger partial charge in [-0.25, -0.2) is 14.8 Å². The standard InChI is InChI=1S/C35H48N2O4/c1-4-6-8-10-11-12-13-15-25-39-33-26-36-34(37-27-33)31-19-17-29(18-20-31)30-21-23-32(24-22-30)41-35(38)40-28(3)16-14-9-7-5-2/h17-24,26-28H,4-16,25H2,1-3H3/t28-/m1/s1. The van der Waals surface area contributed by atoms with Crippen LogP contribution in [0.15, 0.2) is 60.9 Å². The molecule has 0 aliphatic heterocycles. The number of hydrogen-bond donors (Lipinski definition) is 0. The first kappa shape index (κ1) is 32.1. The van der Waals surface area contributed by atoms with Gasteiger partial charge in [-0.3, -0.25) is 0 Å². The fourth-order valence-corrected chi connectivity index (χ4v) is 4.69. The molecule has 0 N–H and O–H groups in total. The van der Waals surface area contributed by atoms with Crippen molar-refractivity contribution < 1.29 is 19.0 Å². The van der Waals surface area contributed by atoms with Crippen LogP contribution >= 0.6 is 0 Å². The molecular weight excluding hydrogens is 512 g/mol. The normalized spacial score (nSPS) is 11.7. The zero-order chi connectivity index (χ0) is 29.1. The predicted molar refractivity (Wildman–Crippen MR) is 166 cm³/mol. The van der Waals surface area contributed by atoms with Gasteiger partial charge in [0.25, 0.3) is 0 Å². The monoisotopic (exact) mass is 560 g/mol. The Morgan fingerprint density at radius 1 is 0.659 bits per heavy atom. The van der Waals surface area contributed by atoms with Crippen LogP contribution in [-0.4, -0.2) is 28.8 Å². The SMILES string of the molecule is CCCCCCCCCCOc1cnc(-c2ccc(-c3ccc(OC(=O)O[C@H](C)CCCCCC)cc3)cc2)nc1. The minimum atomic E-state index is -0.658. The summed E-state index contributed by atoms with van der Waals surface area (Å²) >= 11 is 0. The second kappa shape index (κ2) is 18.8. The molecule has 0 bridgehead atoms. The molecule has 3 rings (SSSR count). The third kappa shape index (κ3) is 12.3. The van der Waals surface area contributed by atoms with Gasteiger partial charge >= 0.3 is 6.16 Å². The van der Waals surface area contributed by atoms with Crippen LogP contribution in [0.25, 0.3) is 22.5 Å². The maximum Gasteiger partial charge on any atom is 0.514 e. The molecule has 0 fully saturated rings. The van der Waals surface area contributed by atoms with Crippen LogP contribution in [0.1, 0.15) is 104 Å². The van der Waals surface area contributed by atoms with Crippen LogP contribution in [0.4, 0.5) is 4.79 Å². The van der Waals surface area contributed by atoms with Gasteiger partial charge in [0.1, 0.15) is 11.9 Å². The van der Waals surface area contributed by atoms with E-state index < -0.39 is 6.16 Å². The summed E-state index contributed by atoms with van der Waals surface area (Å²) in [6, 6.07) is 15.5. The summed E-state index contributed by atoms with van der Waals surface area (Å²) < 4.78 is 16.6. The van der Waals surface area contributed by atoms with E-state index in [-0.39, 0.29) is 6.10 Å². The van der Waals surface area contributed by atoms with E-state index in [4.69, 9.17) is 14.2 Å². The van der Waals surface area contributed by atoms with Crippen molar-refractivity contribution in [2.24, 2.45) is 0 Å². The third-order valence-corrected chi connectivity index (χ3v) is 7.19. The Morgan fingerprint density at radius 2 is 1.17 bits per heavy atom. The summed E-state index contributed by atoms with van der Waals surface area (Å²) in [4.78, 5) is 21.1. The summed E-state index contributed by atoms with van der Waals surface area (Å²) in [5.41, 5.74) is 3.01. The third-order valence-electron chi connectivity index (χ3n) is 7.19. The molecule has 2 aromatic carbocycles. The highest BCUT2D eigenvalue weighted by atomic mass is 16.7. The molecule has 41 heavy (non-hydrogen) atoms. The van der Waals surface area contributed by atoms with E-state index in [1.807, 2.05) is 43.3 Å². The van der Waals surface area contributed by atoms with E-state index in [0.29, 0.717) is 23.9 Å². The lowest BCUT2D eigenvalue weighted by Gasteiger charge is -2.13. The van der Waals surface area contributed by atoms with Crippen molar-refractivity contribution in [2.45, 2.75) is 110 Å². The van der Waals surface area contributed by atoms with Gasteiger partial charge in [-0.15, -0.1) is 0 Å². The minimum absolute atomic E-state index is 0.149. The first-order valence-electron chi connectivity index (χ1n) is 15.6. The Morgan fingerprint density at radius 3 is 1.78 bits per heavy atom. The quantitative estimate of drug-likeness (QED) is 0.0825. The van der Waals surface area contributed by atoms with Crippen molar-refractivity contribution >= 4 is 6.16 Å². The maximum atomic E-state index is 12.1. The fourth-order valence-electron chi connectivity index (χ4n) is 4.69. The number of nitrogens with zero attached hydrogens (tertiary/aromatic N) is 2. The van der Waals surface area contributed by atoms with Crippen LogP contribution in [0.5, 0.6) is 11.5 Å². The zero-order valence-electron chi connectivity index (χ0n) is 25.3. The van der Waals surface area contributed by atoms with Gasteiger partial charge in [-0.2, -0.15) is 0 Å². The summed E-state index contributed by atoms with van der Waals surface area (Å²) in [6.07, 6.45) is 18.4. The molecule has 1 aromatic heterocycles. The number of carbonyl (C=O) groups is 1. The number of benzene rings is 2. The highest BCUT2D eigenvalue weighted by Crippen LogP contribution is 2.26. The fraction of sp³-hybridized carbons (Fsp3) is 0.514. The van der Waals surface area contributed by atoms with Gasteiger partial charge < -0.3 is 14.2 Å². The molecule has 6 nitrogen and oxygen atoms in total. The largest absolute Gasteiger partial charge is 0.514 e. The molecule has 1 atom stereocenters. The van der Waals surface area contributed by atoms with Crippen LogP contribution in [0.3, 0.4) is 0 Å². The molecule has 0 saturated carbocycles. The lowest BCUT2D eigenvalue weighted by atomic mass is 10.0. The second-order valence-corrected chi connectivity index (χ2v) is 10.8. The molecule has 0 aliphatic rings. The molecule has 0 unspecified atom stereocenters. The average molecular weight is 561 g/mol. The minimum Gasteiger partial charge on any atom is -0.490 e. The lowest BCUT2D eigenvalue weighted by Crippen LogP contribution is -2.18. The molecule has 222 valence electrons. The Kier molecular flexibility index (Phi) is 14.8. The van der Waals surface area contributed by atoms with Crippen molar-refractivity contribution in [1.29, 1.82) is 0 Å². The second-order valence-electron chi connectivity index (χ2n) is 10.8. The van der Waals surface area contributed by atoms with Crippen molar-refractivity contribution in [3.05, 3.63) is 60.9 Å². The summed E-state index contributed by atoms with van der Waals surface area (Å²) in [5.74, 6) is 1.84. The predicted octanol–water partition coefficient (Wildman–Crippen LogP) is 10.2. The number of ether oxygens (including phenoxy) is 3. The molecule has 0 saturated heterocycles. The number of carbonyl (C=O) groups excluding carboxylic acids is 1. The number of rotatable bonds is 19. The van der Waals surface area contributed by atoms with Crippen LogP contribution in [0.2, 0.25) is 0 Å². The number of hydrogen-bond acceptors (Lipinski definition) is 6. The van der Waals surface area contributed by atoms with E-state index in [1.54, 1.807) is 24.5 Å². The van der Waals surface area contributed by atoms with Gasteiger partial charge in [-0.05, 0) is 49.4 Å². The molecule has 1 heterocycles. The number of unbranched alkanes of at least 4 members (excludes halogenated alkanes) is 10. The molecule has 3 aromatic rings. The van der Waals surface area contributed by atoms with Gasteiger partial charge in [0.15, 0.2) is 11.6 Å². The highest BCUT2D eigenvalue weighted by molar-refractivity contribution is 5.69. The maximum absolute atomic E-state index is 12.1. The van der Waals surface area contributed by atoms with Crippen molar-refractivity contribution in [3.63, 3.8) is 0 Å². The average Bonchev–Trinajstić information content (AvgIpc) is 2.99. The Balaban J connectivity index is 1.40. The van der Waals surface area contributed by atoms with Crippen LogP contribution < -0.4 is 9.47 Å². The first-order chi connectivity index (χ1) is 20.1. The molecule has 0 radical (unpaired) electrons. The van der Waals surface area contributed by atoms with Crippen molar-refractivity contribution in [2.75, 3.05) is 6.61 Å². The number of aromatic nitrogens is 2. The lowest BCUT2D eigenvalue weighted by molar-refractivity contribution is 0.0613. The van der Waals surface area contributed by atoms with Crippen molar-refractivity contribution in [1.82, 2.24) is 9.97 Å². The highest BCUT2D eigenvalue weighted by Gasteiger charge is 2.12. The van der Waals surface area contributed by atoms with Crippen LogP contribution in [-0.2, 0) is 4.74 Å². The van der Waals surface area contributed by atoms with Crippen LogP contribution in [0, 0.1) is 0 Å². The molecule has 0 spiro atoms. The van der Waals surface area contributed by atoms with E-state index in [9.17, 15) is 4.79 Å². The molecular formula is C35H48N2O4. The first-order valence-corrected chi connectivity index (χ1v) is 15.6. The van der Waals surface area contributed by atoms with Gasteiger partial charge in [0.05, 0.1) is 19.0 Å². The zero-order valence-corrected chi connectivity index (χ0v) is 25.3. The van der Waals surface area contributed by atoms with E-state index in [2.05, 4.69) is 23.8 Å². The Labute approximate surface area is 246 Å². The summed E-state index contributed by atoms with van der Waals surface area (Å²) in [5, 5.41) is 0. The van der Waals surface area contributed by atoms with Gasteiger partial charge in [-0.1, -0.05) is 114 Å². The summed E-state index contributed by atoms with van der Waals surface area (Å²) in [7, 11) is 0. The molecule has 0 aliphatic carbocycles. The molecule has 0 amide bonds. The Hall–Kier alpha value is -3.41.